The van der Waals surface area contributed by atoms with Gasteiger partial charge in [-0.3, -0.25) is 0 Å². The summed E-state index contributed by atoms with van der Waals surface area (Å²) in [5, 5.41) is 4.20. The first-order chi connectivity index (χ1) is 8.75. The normalized spacial score (nSPS) is 10.8. The second-order valence-electron chi connectivity index (χ2n) is 4.10. The Morgan fingerprint density at radius 1 is 0.833 bits per heavy atom. The smallest absolute Gasteiger partial charge is 0.123 e. The molecule has 0 amide bonds. The van der Waals surface area contributed by atoms with Crippen LogP contribution in [0.1, 0.15) is 5.56 Å². The van der Waals surface area contributed by atoms with Crippen molar-refractivity contribution >= 4 is 22.7 Å². The highest BCUT2D eigenvalue weighted by Gasteiger charge is 2.12. The molecule has 18 heavy (non-hydrogen) atoms. The minimum absolute atomic E-state index is 0.192. The molecule has 0 bridgehead atoms. The fourth-order valence-corrected chi connectivity index (χ4v) is 4.04. The van der Waals surface area contributed by atoms with Crippen molar-refractivity contribution in [2.75, 3.05) is 0 Å². The molecular weight excluding hydrogens is 263 g/mol. The van der Waals surface area contributed by atoms with E-state index in [0.717, 1.165) is 5.56 Å². The minimum atomic E-state index is -0.192. The SMILES string of the molecule is Cc1ccsc1-c1sccc1-c1ccc(F)cc1. The lowest BCUT2D eigenvalue weighted by molar-refractivity contribution is 0.628. The number of hydrogen-bond donors (Lipinski definition) is 0. The van der Waals surface area contributed by atoms with Crippen molar-refractivity contribution in [1.29, 1.82) is 0 Å². The van der Waals surface area contributed by atoms with Crippen LogP contribution in [0, 0.1) is 12.7 Å². The predicted octanol–water partition coefficient (Wildman–Crippen LogP) is 5.59. The number of halogens is 1. The van der Waals surface area contributed by atoms with Gasteiger partial charge in [-0.15, -0.1) is 22.7 Å². The average Bonchev–Trinajstić information content (AvgIpc) is 2.98. The van der Waals surface area contributed by atoms with Crippen molar-refractivity contribution < 1.29 is 4.39 Å². The first kappa shape index (κ1) is 11.6. The summed E-state index contributed by atoms with van der Waals surface area (Å²) in [6.07, 6.45) is 0. The van der Waals surface area contributed by atoms with Crippen LogP contribution in [-0.2, 0) is 0 Å². The van der Waals surface area contributed by atoms with Crippen molar-refractivity contribution in [3.63, 3.8) is 0 Å². The second kappa shape index (κ2) is 4.67. The zero-order chi connectivity index (χ0) is 12.5. The van der Waals surface area contributed by atoms with E-state index >= 15 is 0 Å². The maximum Gasteiger partial charge on any atom is 0.123 e. The Bertz CT molecular complexity index is 662. The van der Waals surface area contributed by atoms with Gasteiger partial charge in [0.25, 0.3) is 0 Å². The van der Waals surface area contributed by atoms with Gasteiger partial charge in [-0.25, -0.2) is 4.39 Å². The minimum Gasteiger partial charge on any atom is -0.207 e. The zero-order valence-corrected chi connectivity index (χ0v) is 11.4. The van der Waals surface area contributed by atoms with Gasteiger partial charge >= 0.3 is 0 Å². The Balaban J connectivity index is 2.12. The maximum absolute atomic E-state index is 13.0. The molecule has 2 heterocycles. The van der Waals surface area contributed by atoms with Crippen LogP contribution in [0.4, 0.5) is 4.39 Å². The molecule has 0 aliphatic rings. The molecule has 90 valence electrons. The largest absolute Gasteiger partial charge is 0.207 e. The van der Waals surface area contributed by atoms with E-state index < -0.39 is 0 Å². The summed E-state index contributed by atoms with van der Waals surface area (Å²) < 4.78 is 13.0. The molecule has 3 heteroatoms. The van der Waals surface area contributed by atoms with Gasteiger partial charge < -0.3 is 0 Å². The van der Waals surface area contributed by atoms with Crippen LogP contribution in [0.5, 0.6) is 0 Å². The summed E-state index contributed by atoms with van der Waals surface area (Å²) in [7, 11) is 0. The van der Waals surface area contributed by atoms with E-state index in [1.807, 2.05) is 12.1 Å². The van der Waals surface area contributed by atoms with Crippen LogP contribution >= 0.6 is 22.7 Å². The topological polar surface area (TPSA) is 0 Å². The lowest BCUT2D eigenvalue weighted by Crippen LogP contribution is -1.79. The number of benzene rings is 1. The van der Waals surface area contributed by atoms with Gasteiger partial charge in [-0.1, -0.05) is 12.1 Å². The fourth-order valence-electron chi connectivity index (χ4n) is 1.95. The van der Waals surface area contributed by atoms with Crippen LogP contribution in [-0.4, -0.2) is 0 Å². The van der Waals surface area contributed by atoms with E-state index in [0.29, 0.717) is 0 Å². The van der Waals surface area contributed by atoms with Crippen molar-refractivity contribution in [2.24, 2.45) is 0 Å². The van der Waals surface area contributed by atoms with E-state index in [2.05, 4.69) is 29.8 Å². The van der Waals surface area contributed by atoms with Gasteiger partial charge in [0.2, 0.25) is 0 Å². The summed E-state index contributed by atoms with van der Waals surface area (Å²) in [5.74, 6) is -0.192. The number of rotatable bonds is 2. The molecule has 2 aromatic heterocycles. The van der Waals surface area contributed by atoms with Crippen LogP contribution in [0.15, 0.2) is 47.2 Å². The Labute approximate surface area is 113 Å². The fraction of sp³-hybridized carbons (Fsp3) is 0.0667. The summed E-state index contributed by atoms with van der Waals surface area (Å²) in [6, 6.07) is 10.9. The maximum atomic E-state index is 13.0. The third-order valence-corrected chi connectivity index (χ3v) is 4.98. The van der Waals surface area contributed by atoms with Gasteiger partial charge in [-0.2, -0.15) is 0 Å². The third-order valence-electron chi connectivity index (χ3n) is 2.89. The number of aryl methyl sites for hydroxylation is 1. The van der Waals surface area contributed by atoms with E-state index in [1.54, 1.807) is 22.7 Å². The molecule has 3 rings (SSSR count). The molecule has 0 saturated heterocycles. The highest BCUT2D eigenvalue weighted by molar-refractivity contribution is 7.21. The molecule has 0 aliphatic heterocycles. The second-order valence-corrected chi connectivity index (χ2v) is 5.94. The van der Waals surface area contributed by atoms with E-state index in [9.17, 15) is 4.39 Å². The Hall–Kier alpha value is -1.45. The highest BCUT2D eigenvalue weighted by Crippen LogP contribution is 2.40. The molecule has 0 atom stereocenters. The highest BCUT2D eigenvalue weighted by atomic mass is 32.1. The Morgan fingerprint density at radius 2 is 1.50 bits per heavy atom. The molecule has 1 aromatic carbocycles. The van der Waals surface area contributed by atoms with E-state index in [4.69, 9.17) is 0 Å². The van der Waals surface area contributed by atoms with Crippen LogP contribution in [0.25, 0.3) is 20.9 Å². The van der Waals surface area contributed by atoms with Crippen molar-refractivity contribution in [3.8, 4) is 20.9 Å². The number of thiophene rings is 2. The van der Waals surface area contributed by atoms with Gasteiger partial charge in [-0.05, 0) is 53.1 Å². The molecule has 0 saturated carbocycles. The third kappa shape index (κ3) is 2.00. The van der Waals surface area contributed by atoms with Crippen molar-refractivity contribution in [1.82, 2.24) is 0 Å². The molecule has 0 aliphatic carbocycles. The first-order valence-corrected chi connectivity index (χ1v) is 7.39. The van der Waals surface area contributed by atoms with Crippen LogP contribution in [0.2, 0.25) is 0 Å². The molecule has 3 aromatic rings. The molecule has 0 radical (unpaired) electrons. The zero-order valence-electron chi connectivity index (χ0n) is 9.81. The molecule has 0 nitrogen and oxygen atoms in total. The summed E-state index contributed by atoms with van der Waals surface area (Å²) in [6.45, 7) is 2.12. The first-order valence-electron chi connectivity index (χ1n) is 5.63. The molecule has 0 N–H and O–H groups in total. The quantitative estimate of drug-likeness (QED) is 0.571. The van der Waals surface area contributed by atoms with Crippen molar-refractivity contribution in [2.45, 2.75) is 6.92 Å². The van der Waals surface area contributed by atoms with E-state index in [1.165, 1.54) is 33.0 Å². The number of hydrogen-bond acceptors (Lipinski definition) is 2. The van der Waals surface area contributed by atoms with Gasteiger partial charge in [0.05, 0.1) is 4.88 Å². The van der Waals surface area contributed by atoms with Gasteiger partial charge in [0.1, 0.15) is 5.82 Å². The summed E-state index contributed by atoms with van der Waals surface area (Å²) in [4.78, 5) is 2.58. The lowest BCUT2D eigenvalue weighted by atomic mass is 10.1. The van der Waals surface area contributed by atoms with Gasteiger partial charge in [0, 0.05) is 10.4 Å². The molecule has 0 spiro atoms. The lowest BCUT2D eigenvalue weighted by Gasteiger charge is -2.03. The summed E-state index contributed by atoms with van der Waals surface area (Å²) in [5.41, 5.74) is 3.55. The van der Waals surface area contributed by atoms with E-state index in [-0.39, 0.29) is 5.82 Å². The molecule has 0 unspecified atom stereocenters. The molecule has 0 fully saturated rings. The molecular formula is C15H11FS2. The standard InChI is InChI=1S/C15H11FS2/c1-10-6-8-17-14(10)15-13(7-9-18-15)11-2-4-12(16)5-3-11/h2-9H,1H3. The predicted molar refractivity (Wildman–Crippen MR) is 77.8 cm³/mol. The average molecular weight is 274 g/mol. The van der Waals surface area contributed by atoms with Gasteiger partial charge in [0.15, 0.2) is 0 Å². The van der Waals surface area contributed by atoms with Crippen LogP contribution < -0.4 is 0 Å². The Morgan fingerprint density at radius 3 is 2.17 bits per heavy atom. The van der Waals surface area contributed by atoms with Crippen molar-refractivity contribution in [3.05, 3.63) is 58.5 Å². The summed E-state index contributed by atoms with van der Waals surface area (Å²) >= 11 is 3.49. The Kier molecular flexibility index (Phi) is 3.02. The van der Waals surface area contributed by atoms with Crippen LogP contribution in [0.3, 0.4) is 0 Å². The monoisotopic (exact) mass is 274 g/mol.